The van der Waals surface area contributed by atoms with E-state index in [9.17, 15) is 0 Å². The molecule has 0 spiro atoms. The van der Waals surface area contributed by atoms with Crippen LogP contribution in [0.5, 0.6) is 0 Å². The van der Waals surface area contributed by atoms with E-state index in [-0.39, 0.29) is 5.54 Å². The monoisotopic (exact) mass is 292 g/mol. The Bertz CT molecular complexity index is 472. The third kappa shape index (κ3) is 3.44. The molecule has 0 unspecified atom stereocenters. The smallest absolute Gasteiger partial charge is 0.148 e. The summed E-state index contributed by atoms with van der Waals surface area (Å²) in [4.78, 5) is 13.6. The molecule has 1 aliphatic heterocycles. The largest absolute Gasteiger partial charge is 0.354 e. The lowest BCUT2D eigenvalue weighted by Crippen LogP contribution is -2.53. The van der Waals surface area contributed by atoms with Crippen LogP contribution in [0, 0.1) is 0 Å². The molecule has 118 valence electrons. The van der Waals surface area contributed by atoms with Crippen molar-refractivity contribution in [3.63, 3.8) is 0 Å². The molecule has 3 N–H and O–H groups in total. The summed E-state index contributed by atoms with van der Waals surface area (Å²) in [5.41, 5.74) is 4.03. The number of nitrogens with one attached hydrogen (secondary N) is 1. The van der Waals surface area contributed by atoms with Crippen molar-refractivity contribution in [1.29, 1.82) is 0 Å². The van der Waals surface area contributed by atoms with E-state index in [4.69, 9.17) is 5.84 Å². The molecule has 1 aromatic heterocycles. The predicted octanol–water partition coefficient (Wildman–Crippen LogP) is 1.81. The SMILES string of the molecule is CC(C)c1c(NN)ncnc1N1CCN(C(C)(C)C)CC1. The molecule has 1 aromatic rings. The summed E-state index contributed by atoms with van der Waals surface area (Å²) in [6.45, 7) is 15.2. The number of piperazine rings is 1. The normalized spacial score (nSPS) is 17.4. The van der Waals surface area contributed by atoms with Crippen molar-refractivity contribution in [2.75, 3.05) is 36.5 Å². The average Bonchev–Trinajstić information content (AvgIpc) is 2.45. The van der Waals surface area contributed by atoms with Gasteiger partial charge < -0.3 is 10.3 Å². The Kier molecular flexibility index (Phi) is 4.68. The molecule has 0 atom stereocenters. The summed E-state index contributed by atoms with van der Waals surface area (Å²) in [6.07, 6.45) is 1.59. The van der Waals surface area contributed by atoms with Crippen molar-refractivity contribution in [3.8, 4) is 0 Å². The van der Waals surface area contributed by atoms with Gasteiger partial charge in [0.15, 0.2) is 0 Å². The number of rotatable bonds is 3. The number of hydrogen-bond acceptors (Lipinski definition) is 6. The summed E-state index contributed by atoms with van der Waals surface area (Å²) >= 11 is 0. The minimum atomic E-state index is 0.225. The average molecular weight is 292 g/mol. The first-order chi connectivity index (χ1) is 9.84. The number of nitrogen functional groups attached to an aromatic ring is 1. The molecular weight excluding hydrogens is 264 g/mol. The second-order valence-electron chi connectivity index (χ2n) is 6.90. The van der Waals surface area contributed by atoms with Gasteiger partial charge in [-0.05, 0) is 26.7 Å². The van der Waals surface area contributed by atoms with Gasteiger partial charge in [-0.25, -0.2) is 15.8 Å². The van der Waals surface area contributed by atoms with Crippen LogP contribution in [0.3, 0.4) is 0 Å². The van der Waals surface area contributed by atoms with E-state index in [2.05, 4.69) is 59.8 Å². The first kappa shape index (κ1) is 16.0. The first-order valence-electron chi connectivity index (χ1n) is 7.66. The van der Waals surface area contributed by atoms with E-state index < -0.39 is 0 Å². The van der Waals surface area contributed by atoms with E-state index in [1.54, 1.807) is 6.33 Å². The van der Waals surface area contributed by atoms with Crippen LogP contribution in [0.4, 0.5) is 11.6 Å². The Morgan fingerprint density at radius 2 is 1.76 bits per heavy atom. The number of aromatic nitrogens is 2. The van der Waals surface area contributed by atoms with Gasteiger partial charge in [0.2, 0.25) is 0 Å². The van der Waals surface area contributed by atoms with E-state index >= 15 is 0 Å². The Hall–Kier alpha value is -1.40. The predicted molar refractivity (Wildman–Crippen MR) is 87.5 cm³/mol. The molecule has 0 aromatic carbocycles. The highest BCUT2D eigenvalue weighted by Gasteiger charge is 2.28. The molecule has 1 saturated heterocycles. The van der Waals surface area contributed by atoms with Gasteiger partial charge in [0.1, 0.15) is 18.0 Å². The van der Waals surface area contributed by atoms with Gasteiger partial charge in [-0.2, -0.15) is 0 Å². The summed E-state index contributed by atoms with van der Waals surface area (Å²) in [6, 6.07) is 0. The highest BCUT2D eigenvalue weighted by molar-refractivity contribution is 5.60. The summed E-state index contributed by atoms with van der Waals surface area (Å²) in [5.74, 6) is 7.67. The van der Waals surface area contributed by atoms with Crippen molar-refractivity contribution in [2.45, 2.75) is 46.1 Å². The number of nitrogens with two attached hydrogens (primary N) is 1. The zero-order valence-corrected chi connectivity index (χ0v) is 13.8. The minimum absolute atomic E-state index is 0.225. The van der Waals surface area contributed by atoms with Crippen molar-refractivity contribution in [3.05, 3.63) is 11.9 Å². The molecule has 6 heteroatoms. The lowest BCUT2D eigenvalue weighted by Gasteiger charge is -2.43. The lowest BCUT2D eigenvalue weighted by molar-refractivity contribution is 0.128. The van der Waals surface area contributed by atoms with E-state index in [1.165, 1.54) is 0 Å². The summed E-state index contributed by atoms with van der Waals surface area (Å²) < 4.78 is 0. The Morgan fingerprint density at radius 3 is 2.24 bits per heavy atom. The van der Waals surface area contributed by atoms with Crippen molar-refractivity contribution in [1.82, 2.24) is 14.9 Å². The van der Waals surface area contributed by atoms with Crippen LogP contribution in [0.15, 0.2) is 6.33 Å². The van der Waals surface area contributed by atoms with Gasteiger partial charge >= 0.3 is 0 Å². The molecule has 2 rings (SSSR count). The number of hydrazine groups is 1. The maximum absolute atomic E-state index is 5.60. The number of nitrogens with zero attached hydrogens (tertiary/aromatic N) is 4. The van der Waals surface area contributed by atoms with Crippen LogP contribution in [0.1, 0.15) is 46.1 Å². The third-order valence-corrected chi connectivity index (χ3v) is 4.10. The fourth-order valence-corrected chi connectivity index (χ4v) is 2.87. The molecule has 1 fully saturated rings. The Labute approximate surface area is 127 Å². The first-order valence-corrected chi connectivity index (χ1v) is 7.66. The molecule has 0 saturated carbocycles. The molecule has 0 aliphatic carbocycles. The van der Waals surface area contributed by atoms with Crippen molar-refractivity contribution < 1.29 is 0 Å². The highest BCUT2D eigenvalue weighted by atomic mass is 15.3. The molecule has 21 heavy (non-hydrogen) atoms. The fraction of sp³-hybridized carbons (Fsp3) is 0.733. The van der Waals surface area contributed by atoms with Gasteiger partial charge in [0.25, 0.3) is 0 Å². The van der Waals surface area contributed by atoms with Crippen LogP contribution in [-0.2, 0) is 0 Å². The van der Waals surface area contributed by atoms with Crippen LogP contribution in [0.2, 0.25) is 0 Å². The highest BCUT2D eigenvalue weighted by Crippen LogP contribution is 2.31. The standard InChI is InChI=1S/C15H28N6/c1-11(2)12-13(19-16)17-10-18-14(12)20-6-8-21(9-7-20)15(3,4)5/h10-11H,6-9,16H2,1-5H3,(H,17,18,19). The topological polar surface area (TPSA) is 70.3 Å². The molecular formula is C15H28N6. The van der Waals surface area contributed by atoms with Gasteiger partial charge in [0, 0.05) is 37.3 Å². The van der Waals surface area contributed by atoms with Crippen molar-refractivity contribution in [2.24, 2.45) is 5.84 Å². The number of hydrogen-bond donors (Lipinski definition) is 2. The van der Waals surface area contributed by atoms with E-state index in [1.807, 2.05) is 0 Å². The Morgan fingerprint density at radius 1 is 1.14 bits per heavy atom. The molecule has 6 nitrogen and oxygen atoms in total. The molecule has 0 bridgehead atoms. The van der Waals surface area contributed by atoms with Crippen LogP contribution in [0.25, 0.3) is 0 Å². The fourth-order valence-electron chi connectivity index (χ4n) is 2.87. The van der Waals surface area contributed by atoms with Gasteiger partial charge in [-0.3, -0.25) is 4.90 Å². The van der Waals surface area contributed by atoms with E-state index in [0.717, 1.165) is 43.4 Å². The maximum atomic E-state index is 5.60. The van der Waals surface area contributed by atoms with Gasteiger partial charge in [-0.1, -0.05) is 13.8 Å². The third-order valence-electron chi connectivity index (χ3n) is 4.10. The second-order valence-corrected chi connectivity index (χ2v) is 6.90. The summed E-state index contributed by atoms with van der Waals surface area (Å²) in [7, 11) is 0. The number of anilines is 2. The van der Waals surface area contributed by atoms with E-state index in [0.29, 0.717) is 5.92 Å². The Balaban J connectivity index is 2.21. The molecule has 0 radical (unpaired) electrons. The molecule has 1 aliphatic rings. The van der Waals surface area contributed by atoms with Gasteiger partial charge in [0.05, 0.1) is 0 Å². The van der Waals surface area contributed by atoms with Crippen LogP contribution >= 0.6 is 0 Å². The second kappa shape index (κ2) is 6.15. The quantitative estimate of drug-likeness (QED) is 0.654. The lowest BCUT2D eigenvalue weighted by atomic mass is 10.0. The van der Waals surface area contributed by atoms with Crippen molar-refractivity contribution >= 4 is 11.6 Å². The van der Waals surface area contributed by atoms with Crippen LogP contribution < -0.4 is 16.2 Å². The zero-order valence-electron chi connectivity index (χ0n) is 13.8. The summed E-state index contributed by atoms with van der Waals surface area (Å²) in [5, 5.41) is 0. The zero-order chi connectivity index (χ0) is 15.6. The minimum Gasteiger partial charge on any atom is -0.354 e. The maximum Gasteiger partial charge on any atom is 0.148 e. The molecule has 0 amide bonds. The molecule has 2 heterocycles. The van der Waals surface area contributed by atoms with Gasteiger partial charge in [-0.15, -0.1) is 0 Å². The van der Waals surface area contributed by atoms with Crippen LogP contribution in [-0.4, -0.2) is 46.6 Å².